The maximum atomic E-state index is 11.8. The summed E-state index contributed by atoms with van der Waals surface area (Å²) in [7, 11) is 0. The number of rotatable bonds is 1. The first kappa shape index (κ1) is 28.9. The van der Waals surface area contributed by atoms with Gasteiger partial charge in [0.2, 0.25) is 0 Å². The summed E-state index contributed by atoms with van der Waals surface area (Å²) in [4.78, 5) is 0. The summed E-state index contributed by atoms with van der Waals surface area (Å²) in [5.74, 6) is 0.256. The van der Waals surface area contributed by atoms with E-state index in [0.717, 1.165) is 22.3 Å². The van der Waals surface area contributed by atoms with Gasteiger partial charge in [-0.05, 0) is 57.8 Å². The number of halogens is 2. The number of hydrogen-bond acceptors (Lipinski definition) is 2. The lowest BCUT2D eigenvalue weighted by atomic mass is 9.72. The molecule has 0 aliphatic heterocycles. The highest BCUT2D eigenvalue weighted by atomic mass is 35.5. The minimum absolute atomic E-state index is 0.128. The van der Waals surface area contributed by atoms with Crippen LogP contribution in [0.3, 0.4) is 0 Å². The highest BCUT2D eigenvalue weighted by Crippen LogP contribution is 2.56. The summed E-state index contributed by atoms with van der Waals surface area (Å²) in [6, 6.07) is 0. The van der Waals surface area contributed by atoms with E-state index in [-0.39, 0.29) is 22.3 Å². The van der Waals surface area contributed by atoms with Gasteiger partial charge in [-0.3, -0.25) is 0 Å². The van der Waals surface area contributed by atoms with E-state index in [1.807, 2.05) is 13.8 Å². The lowest BCUT2D eigenvalue weighted by Crippen LogP contribution is -2.22. The van der Waals surface area contributed by atoms with E-state index in [9.17, 15) is 10.2 Å². The molecule has 2 aromatic carbocycles. The van der Waals surface area contributed by atoms with E-state index in [4.69, 9.17) is 23.2 Å². The van der Waals surface area contributed by atoms with Crippen LogP contribution in [0.2, 0.25) is 10.0 Å². The Morgan fingerprint density at radius 3 is 0.824 bits per heavy atom. The van der Waals surface area contributed by atoms with Gasteiger partial charge >= 0.3 is 0 Å². The van der Waals surface area contributed by atoms with Gasteiger partial charge in [0.25, 0.3) is 0 Å². The third kappa shape index (κ3) is 4.82. The van der Waals surface area contributed by atoms with Gasteiger partial charge in [-0.1, -0.05) is 106 Å². The zero-order valence-corrected chi connectivity index (χ0v) is 25.2. The molecule has 0 saturated heterocycles. The van der Waals surface area contributed by atoms with Crippen LogP contribution in [0, 0.1) is 13.8 Å². The number of benzene rings is 2. The molecular weight excluding hydrogens is 463 g/mol. The Balaban J connectivity index is 3.37. The summed E-state index contributed by atoms with van der Waals surface area (Å²) in [6.07, 6.45) is 0. The van der Waals surface area contributed by atoms with E-state index in [2.05, 4.69) is 83.1 Å². The van der Waals surface area contributed by atoms with Crippen LogP contribution in [0.15, 0.2) is 0 Å². The van der Waals surface area contributed by atoms with Gasteiger partial charge < -0.3 is 10.2 Å². The van der Waals surface area contributed by atoms with E-state index < -0.39 is 10.8 Å². The summed E-state index contributed by atoms with van der Waals surface area (Å²) < 4.78 is 0. The Morgan fingerprint density at radius 1 is 0.441 bits per heavy atom. The molecule has 0 fully saturated rings. The van der Waals surface area contributed by atoms with Crippen molar-refractivity contribution in [2.75, 3.05) is 0 Å². The Bertz CT molecular complexity index is 956. The van der Waals surface area contributed by atoms with Crippen molar-refractivity contribution in [3.05, 3.63) is 43.4 Å². The first-order chi connectivity index (χ1) is 15.0. The summed E-state index contributed by atoms with van der Waals surface area (Å²) >= 11 is 14.0. The molecule has 0 heterocycles. The maximum Gasteiger partial charge on any atom is 0.129 e. The van der Waals surface area contributed by atoms with Crippen molar-refractivity contribution in [3.8, 4) is 22.6 Å². The van der Waals surface area contributed by atoms with Gasteiger partial charge in [0, 0.05) is 22.3 Å². The average molecular weight is 508 g/mol. The molecule has 190 valence electrons. The summed E-state index contributed by atoms with van der Waals surface area (Å²) in [5.41, 5.74) is 5.06. The second kappa shape index (κ2) is 8.63. The molecule has 0 bridgehead atoms. The Morgan fingerprint density at radius 2 is 0.647 bits per heavy atom. The fourth-order valence-corrected chi connectivity index (χ4v) is 7.00. The molecule has 0 amide bonds. The molecule has 0 unspecified atom stereocenters. The molecule has 4 heteroatoms. The SMILES string of the molecule is Cc1c(-c2c(C)c(C(C)(C)C)c(Cl)c(C(C)(C)C)c2O)c(O)c(C(C)(C)C)c(Cl)c1C(C)(C)C. The minimum Gasteiger partial charge on any atom is -0.507 e. The molecular formula is C30H44Cl2O2. The van der Waals surface area contributed by atoms with E-state index >= 15 is 0 Å². The normalized spacial score (nSPS) is 13.5. The van der Waals surface area contributed by atoms with Crippen molar-refractivity contribution in [1.29, 1.82) is 0 Å². The molecule has 0 aliphatic carbocycles. The monoisotopic (exact) mass is 506 g/mol. The molecule has 0 saturated carbocycles. The topological polar surface area (TPSA) is 40.5 Å². The molecule has 2 nitrogen and oxygen atoms in total. The van der Waals surface area contributed by atoms with Gasteiger partial charge in [0.15, 0.2) is 0 Å². The third-order valence-corrected chi connectivity index (χ3v) is 7.33. The largest absolute Gasteiger partial charge is 0.507 e. The second-order valence-corrected chi connectivity index (χ2v) is 14.6. The lowest BCUT2D eigenvalue weighted by Gasteiger charge is -2.35. The van der Waals surface area contributed by atoms with Gasteiger partial charge in [0.1, 0.15) is 11.5 Å². The number of aromatic hydroxyl groups is 2. The van der Waals surface area contributed by atoms with Crippen LogP contribution < -0.4 is 0 Å². The quantitative estimate of drug-likeness (QED) is 0.403. The van der Waals surface area contributed by atoms with Crippen molar-refractivity contribution in [1.82, 2.24) is 0 Å². The van der Waals surface area contributed by atoms with E-state index in [0.29, 0.717) is 32.3 Å². The van der Waals surface area contributed by atoms with E-state index in [1.165, 1.54) is 0 Å². The number of hydrogen-bond donors (Lipinski definition) is 2. The molecule has 0 aliphatic rings. The van der Waals surface area contributed by atoms with Crippen LogP contribution in [0.5, 0.6) is 11.5 Å². The fourth-order valence-electron chi connectivity index (χ4n) is 5.41. The Kier molecular flexibility index (Phi) is 7.32. The van der Waals surface area contributed by atoms with Crippen LogP contribution in [-0.4, -0.2) is 10.2 Å². The van der Waals surface area contributed by atoms with Crippen LogP contribution >= 0.6 is 23.2 Å². The molecule has 0 radical (unpaired) electrons. The smallest absolute Gasteiger partial charge is 0.129 e. The molecule has 0 aromatic heterocycles. The second-order valence-electron chi connectivity index (χ2n) is 13.8. The Hall–Kier alpha value is -1.38. The molecule has 2 rings (SSSR count). The van der Waals surface area contributed by atoms with Crippen molar-refractivity contribution in [3.63, 3.8) is 0 Å². The molecule has 34 heavy (non-hydrogen) atoms. The average Bonchev–Trinajstić information content (AvgIpc) is 2.51. The number of phenolic OH excluding ortho intramolecular Hbond substituents is 2. The summed E-state index contributed by atoms with van der Waals surface area (Å²) in [6.45, 7) is 29.1. The van der Waals surface area contributed by atoms with Crippen molar-refractivity contribution < 1.29 is 10.2 Å². The van der Waals surface area contributed by atoms with E-state index in [1.54, 1.807) is 0 Å². The van der Waals surface area contributed by atoms with Crippen LogP contribution in [0.4, 0.5) is 0 Å². The first-order valence-electron chi connectivity index (χ1n) is 12.1. The highest BCUT2D eigenvalue weighted by molar-refractivity contribution is 6.33. The maximum absolute atomic E-state index is 11.8. The van der Waals surface area contributed by atoms with Crippen molar-refractivity contribution >= 4 is 23.2 Å². The number of phenols is 2. The predicted octanol–water partition coefficient (Wildman–Crippen LogP) is 9.88. The molecule has 2 N–H and O–H groups in total. The van der Waals surface area contributed by atoms with Gasteiger partial charge in [0.05, 0.1) is 10.0 Å². The van der Waals surface area contributed by atoms with Gasteiger partial charge in [-0.25, -0.2) is 0 Å². The summed E-state index contributed by atoms with van der Waals surface area (Å²) in [5, 5.41) is 24.8. The van der Waals surface area contributed by atoms with Crippen LogP contribution in [-0.2, 0) is 21.7 Å². The molecule has 0 atom stereocenters. The van der Waals surface area contributed by atoms with Crippen LogP contribution in [0.1, 0.15) is 116 Å². The minimum atomic E-state index is -0.403. The third-order valence-electron chi connectivity index (χ3n) is 6.58. The zero-order valence-electron chi connectivity index (χ0n) is 23.7. The molecule has 2 aromatic rings. The lowest BCUT2D eigenvalue weighted by molar-refractivity contribution is 0.437. The standard InChI is InChI=1S/C30H44Cl2O2/c1-15-17(25(33)21(29(9,10)11)23(31)19(15)27(3,4)5)18-16(2)20(28(6,7)8)24(32)22(26(18)34)30(12,13)14/h33-34H,1-14H3. The predicted molar refractivity (Wildman–Crippen MR) is 150 cm³/mol. The van der Waals surface area contributed by atoms with Gasteiger partial charge in [-0.15, -0.1) is 0 Å². The first-order valence-corrected chi connectivity index (χ1v) is 12.8. The highest BCUT2D eigenvalue weighted by Gasteiger charge is 2.37. The fraction of sp³-hybridized carbons (Fsp3) is 0.600. The van der Waals surface area contributed by atoms with Crippen molar-refractivity contribution in [2.24, 2.45) is 0 Å². The Labute approximate surface area is 217 Å². The molecule has 0 spiro atoms. The van der Waals surface area contributed by atoms with Gasteiger partial charge in [-0.2, -0.15) is 0 Å². The zero-order chi connectivity index (χ0) is 26.9. The van der Waals surface area contributed by atoms with Crippen LogP contribution in [0.25, 0.3) is 11.1 Å². The van der Waals surface area contributed by atoms with Crippen molar-refractivity contribution in [2.45, 2.75) is 119 Å².